The monoisotopic (exact) mass is 478 g/mol. The number of rotatable bonds is 8. The van der Waals surface area contributed by atoms with Crippen molar-refractivity contribution >= 4 is 47.4 Å². The zero-order valence-corrected chi connectivity index (χ0v) is 18.4. The summed E-state index contributed by atoms with van der Waals surface area (Å²) >= 11 is 2.04. The van der Waals surface area contributed by atoms with Crippen LogP contribution >= 0.6 is 35.7 Å². The largest absolute Gasteiger partial charge is 0.382 e. The Bertz CT molecular complexity index is 492. The summed E-state index contributed by atoms with van der Waals surface area (Å²) in [5.41, 5.74) is 2.60. The molecule has 1 aliphatic heterocycles. The standard InChI is InChI=1S/C18H30N4OS.HI/c1-3-23-12-4-9-20-18(19-2)21-15-16-5-7-17(8-6-16)22-10-13-24-14-11-22;/h5-8H,3-4,9-15H2,1-2H3,(H2,19,20,21);1H. The van der Waals surface area contributed by atoms with Crippen molar-refractivity contribution in [2.24, 2.45) is 4.99 Å². The molecule has 5 nitrogen and oxygen atoms in total. The molecule has 1 aromatic rings. The molecule has 0 aromatic heterocycles. The van der Waals surface area contributed by atoms with Gasteiger partial charge in [-0.25, -0.2) is 0 Å². The topological polar surface area (TPSA) is 48.9 Å². The molecule has 2 N–H and O–H groups in total. The maximum Gasteiger partial charge on any atom is 0.191 e. The van der Waals surface area contributed by atoms with Crippen LogP contribution in [0.15, 0.2) is 29.3 Å². The molecular formula is C18H31IN4OS. The average Bonchev–Trinajstić information content (AvgIpc) is 2.65. The lowest BCUT2D eigenvalue weighted by molar-refractivity contribution is 0.145. The molecule has 0 atom stereocenters. The summed E-state index contributed by atoms with van der Waals surface area (Å²) in [7, 11) is 1.80. The number of nitrogens with one attached hydrogen (secondary N) is 2. The first-order valence-corrected chi connectivity index (χ1v) is 9.93. The molecule has 1 saturated heterocycles. The third kappa shape index (κ3) is 8.50. The van der Waals surface area contributed by atoms with E-state index >= 15 is 0 Å². The molecule has 2 rings (SSSR count). The van der Waals surface area contributed by atoms with Crippen LogP contribution in [-0.2, 0) is 11.3 Å². The van der Waals surface area contributed by atoms with Gasteiger partial charge in [-0.2, -0.15) is 11.8 Å². The van der Waals surface area contributed by atoms with Gasteiger partial charge in [0, 0.05) is 63.6 Å². The predicted molar refractivity (Wildman–Crippen MR) is 121 cm³/mol. The quantitative estimate of drug-likeness (QED) is 0.261. The normalized spacial score (nSPS) is 14.8. The molecule has 1 aromatic carbocycles. The molecule has 0 amide bonds. The van der Waals surface area contributed by atoms with Gasteiger partial charge in [0.05, 0.1) is 0 Å². The molecule has 0 spiro atoms. The van der Waals surface area contributed by atoms with E-state index in [-0.39, 0.29) is 24.0 Å². The SMILES string of the molecule is CCOCCCNC(=NC)NCc1ccc(N2CCSCC2)cc1.I. The Morgan fingerprint density at radius 1 is 1.20 bits per heavy atom. The Kier molecular flexibility index (Phi) is 12.1. The van der Waals surface area contributed by atoms with Gasteiger partial charge in [-0.05, 0) is 31.0 Å². The number of halogens is 1. The maximum absolute atomic E-state index is 5.33. The number of aliphatic imine (C=N–C) groups is 1. The lowest BCUT2D eigenvalue weighted by Gasteiger charge is -2.28. The van der Waals surface area contributed by atoms with E-state index in [1.165, 1.54) is 22.8 Å². The van der Waals surface area contributed by atoms with Gasteiger partial charge in [0.15, 0.2) is 5.96 Å². The van der Waals surface area contributed by atoms with Crippen molar-refractivity contribution in [1.82, 2.24) is 10.6 Å². The van der Waals surface area contributed by atoms with E-state index in [1.807, 2.05) is 18.7 Å². The fourth-order valence-corrected chi connectivity index (χ4v) is 3.48. The summed E-state index contributed by atoms with van der Waals surface area (Å²) < 4.78 is 5.33. The highest BCUT2D eigenvalue weighted by atomic mass is 127. The highest BCUT2D eigenvalue weighted by molar-refractivity contribution is 14.0. The Morgan fingerprint density at radius 2 is 1.92 bits per heavy atom. The Balaban J connectivity index is 0.00000312. The smallest absolute Gasteiger partial charge is 0.191 e. The Hall–Kier alpha value is -0.670. The van der Waals surface area contributed by atoms with Crippen molar-refractivity contribution in [3.8, 4) is 0 Å². The fourth-order valence-electron chi connectivity index (χ4n) is 2.58. The first-order valence-electron chi connectivity index (χ1n) is 8.77. The lowest BCUT2D eigenvalue weighted by Crippen LogP contribution is -2.37. The first kappa shape index (κ1) is 22.4. The van der Waals surface area contributed by atoms with Crippen molar-refractivity contribution in [2.45, 2.75) is 19.9 Å². The van der Waals surface area contributed by atoms with Gasteiger partial charge < -0.3 is 20.3 Å². The van der Waals surface area contributed by atoms with Crippen LogP contribution < -0.4 is 15.5 Å². The van der Waals surface area contributed by atoms with Gasteiger partial charge in [0.1, 0.15) is 0 Å². The number of benzene rings is 1. The molecular weight excluding hydrogens is 447 g/mol. The number of hydrogen-bond donors (Lipinski definition) is 2. The van der Waals surface area contributed by atoms with Gasteiger partial charge in [0.2, 0.25) is 0 Å². The van der Waals surface area contributed by atoms with Crippen LogP contribution in [0.1, 0.15) is 18.9 Å². The minimum Gasteiger partial charge on any atom is -0.382 e. The van der Waals surface area contributed by atoms with Gasteiger partial charge >= 0.3 is 0 Å². The number of anilines is 1. The lowest BCUT2D eigenvalue weighted by atomic mass is 10.2. The van der Waals surface area contributed by atoms with Crippen molar-refractivity contribution in [1.29, 1.82) is 0 Å². The van der Waals surface area contributed by atoms with Crippen LogP contribution in [0.25, 0.3) is 0 Å². The maximum atomic E-state index is 5.33. The van der Waals surface area contributed by atoms with E-state index in [4.69, 9.17) is 4.74 Å². The van der Waals surface area contributed by atoms with Crippen molar-refractivity contribution < 1.29 is 4.74 Å². The molecule has 0 aliphatic carbocycles. The summed E-state index contributed by atoms with van der Waals surface area (Å²) in [5, 5.41) is 6.67. The van der Waals surface area contributed by atoms with Gasteiger partial charge in [-0.1, -0.05) is 12.1 Å². The second kappa shape index (κ2) is 13.5. The molecule has 142 valence electrons. The Labute approximate surface area is 173 Å². The third-order valence-electron chi connectivity index (χ3n) is 3.96. The van der Waals surface area contributed by atoms with Crippen molar-refractivity contribution in [3.63, 3.8) is 0 Å². The minimum atomic E-state index is 0. The van der Waals surface area contributed by atoms with Crippen molar-refractivity contribution in [3.05, 3.63) is 29.8 Å². The number of guanidine groups is 1. The van der Waals surface area contributed by atoms with Crippen LogP contribution in [0.3, 0.4) is 0 Å². The van der Waals surface area contributed by atoms with Crippen LogP contribution in [-0.4, -0.2) is 57.4 Å². The predicted octanol–water partition coefficient (Wildman–Crippen LogP) is 2.95. The fraction of sp³-hybridized carbons (Fsp3) is 0.611. The molecule has 0 radical (unpaired) electrons. The highest BCUT2D eigenvalue weighted by Crippen LogP contribution is 2.19. The summed E-state index contributed by atoms with van der Waals surface area (Å²) in [5.74, 6) is 3.30. The molecule has 1 heterocycles. The Morgan fingerprint density at radius 3 is 2.56 bits per heavy atom. The first-order chi connectivity index (χ1) is 11.8. The number of nitrogens with zero attached hydrogens (tertiary/aromatic N) is 2. The van der Waals surface area contributed by atoms with E-state index in [9.17, 15) is 0 Å². The van der Waals surface area contributed by atoms with E-state index in [2.05, 4.69) is 44.8 Å². The second-order valence-electron chi connectivity index (χ2n) is 5.67. The number of hydrogen-bond acceptors (Lipinski definition) is 4. The van der Waals surface area contributed by atoms with Gasteiger partial charge in [-0.3, -0.25) is 4.99 Å². The number of ether oxygens (including phenoxy) is 1. The summed E-state index contributed by atoms with van der Waals surface area (Å²) in [6.07, 6.45) is 0.983. The van der Waals surface area contributed by atoms with Crippen LogP contribution in [0.4, 0.5) is 5.69 Å². The van der Waals surface area contributed by atoms with Crippen molar-refractivity contribution in [2.75, 3.05) is 56.3 Å². The van der Waals surface area contributed by atoms with E-state index < -0.39 is 0 Å². The summed E-state index contributed by atoms with van der Waals surface area (Å²) in [6.45, 7) is 7.54. The molecule has 1 aliphatic rings. The second-order valence-corrected chi connectivity index (χ2v) is 6.89. The average molecular weight is 478 g/mol. The zero-order valence-electron chi connectivity index (χ0n) is 15.3. The van der Waals surface area contributed by atoms with E-state index in [1.54, 1.807) is 7.05 Å². The number of thioether (sulfide) groups is 1. The van der Waals surface area contributed by atoms with Gasteiger partial charge in [0.25, 0.3) is 0 Å². The molecule has 25 heavy (non-hydrogen) atoms. The summed E-state index contributed by atoms with van der Waals surface area (Å²) in [6, 6.07) is 8.86. The molecule has 0 saturated carbocycles. The highest BCUT2D eigenvalue weighted by Gasteiger charge is 2.10. The molecule has 0 unspecified atom stereocenters. The van der Waals surface area contributed by atoms with E-state index in [0.29, 0.717) is 0 Å². The zero-order chi connectivity index (χ0) is 17.0. The molecule has 0 bridgehead atoms. The van der Waals surface area contributed by atoms with E-state index in [0.717, 1.165) is 51.8 Å². The summed E-state index contributed by atoms with van der Waals surface area (Å²) in [4.78, 5) is 6.72. The third-order valence-corrected chi connectivity index (χ3v) is 4.90. The van der Waals surface area contributed by atoms with Crippen LogP contribution in [0.2, 0.25) is 0 Å². The molecule has 1 fully saturated rings. The molecule has 7 heteroatoms. The van der Waals surface area contributed by atoms with Crippen LogP contribution in [0.5, 0.6) is 0 Å². The minimum absolute atomic E-state index is 0. The van der Waals surface area contributed by atoms with Crippen LogP contribution in [0, 0.1) is 0 Å². The van der Waals surface area contributed by atoms with Gasteiger partial charge in [-0.15, -0.1) is 24.0 Å².